The molecular weight excluding hydrogens is 1940 g/mol. The molecule has 0 saturated heterocycles. The zero-order chi connectivity index (χ0) is 108. The highest BCUT2D eigenvalue weighted by Gasteiger charge is 2.72. The second-order valence-corrected chi connectivity index (χ2v) is 46.5. The van der Waals surface area contributed by atoms with E-state index in [0.717, 1.165) is 130 Å². The van der Waals surface area contributed by atoms with E-state index in [1.165, 1.54) is 68.5 Å². The number of anilines is 5. The first-order valence-electron chi connectivity index (χ1n) is 50.8. The van der Waals surface area contributed by atoms with Gasteiger partial charge in [0.05, 0.1) is 79.6 Å². The number of carbonyl (C=O) groups excluding carboxylic acids is 5. The van der Waals surface area contributed by atoms with Crippen LogP contribution >= 0.6 is 0 Å². The molecule has 9 aliphatic carbocycles. The Morgan fingerprint density at radius 2 is 1.00 bits per heavy atom. The number of hydrogen-bond acceptors (Lipinski definition) is 16. The Bertz CT molecular complexity index is 7120. The van der Waals surface area contributed by atoms with Crippen molar-refractivity contribution in [3.05, 3.63) is 147 Å². The van der Waals surface area contributed by atoms with Crippen LogP contribution in [0.15, 0.2) is 78.9 Å². The van der Waals surface area contributed by atoms with Gasteiger partial charge in [0.15, 0.2) is 29.0 Å². The summed E-state index contributed by atoms with van der Waals surface area (Å²) < 4.78 is 192. The van der Waals surface area contributed by atoms with E-state index < -0.39 is 117 Å². The number of hydrogen-bond donors (Lipinski definition) is 8. The lowest BCUT2D eigenvalue weighted by molar-refractivity contribution is -0.313. The van der Waals surface area contributed by atoms with Gasteiger partial charge in [0.2, 0.25) is 59.3 Å². The monoisotopic (exact) mass is 2070 g/mol. The molecule has 6 aromatic carbocycles. The van der Waals surface area contributed by atoms with Crippen molar-refractivity contribution in [1.82, 2.24) is 47.8 Å². The van der Waals surface area contributed by atoms with Crippen molar-refractivity contribution >= 4 is 114 Å². The molecule has 9 fully saturated rings. The van der Waals surface area contributed by atoms with E-state index in [2.05, 4.69) is 83.5 Å². The molecule has 20 rings (SSSR count). The first-order chi connectivity index (χ1) is 68.9. The summed E-state index contributed by atoms with van der Waals surface area (Å²) in [6, 6.07) is 23.3. The summed E-state index contributed by atoms with van der Waals surface area (Å²) in [6.45, 7) is 29.2. The molecule has 26 nitrogen and oxygen atoms in total. The number of amides is 5. The van der Waals surface area contributed by atoms with Crippen molar-refractivity contribution in [1.29, 1.82) is 10.5 Å². The lowest BCUT2D eigenvalue weighted by Gasteiger charge is -2.43. The number of ether oxygens (including phenoxy) is 1. The molecule has 8 N–H and O–H groups in total. The average molecular weight is 2070 g/mol. The Morgan fingerprint density at radius 3 is 1.51 bits per heavy atom. The van der Waals surface area contributed by atoms with Crippen LogP contribution < -0.4 is 31.3 Å². The molecule has 11 aromatic rings. The average Bonchev–Trinajstić information content (AvgIpc) is 1.48. The third kappa shape index (κ3) is 21.9. The molecule has 9 aliphatic rings. The number of aliphatic hydroxyl groups is 3. The summed E-state index contributed by atoms with van der Waals surface area (Å²) >= 11 is 0. The highest BCUT2D eigenvalue weighted by atomic mass is 19.4. The van der Waals surface area contributed by atoms with E-state index in [1.54, 1.807) is 76.4 Å². The normalized spacial score (nSPS) is 19.7. The van der Waals surface area contributed by atoms with Gasteiger partial charge in [-0.1, -0.05) is 52.8 Å². The molecule has 0 aliphatic heterocycles. The van der Waals surface area contributed by atoms with Crippen LogP contribution in [-0.2, 0) is 63.8 Å². The molecule has 9 saturated carbocycles. The number of imidazole rings is 5. The maximum atomic E-state index is 14.9. The van der Waals surface area contributed by atoms with Crippen LogP contribution in [0.25, 0.3) is 55.2 Å². The quantitative estimate of drug-likeness (QED) is 0.0234. The highest BCUT2D eigenvalue weighted by molar-refractivity contribution is 6.00. The molecule has 0 bridgehead atoms. The van der Waals surface area contributed by atoms with E-state index in [9.17, 15) is 102 Å². The number of aryl methyl sites for hydroxylation is 1. The number of alkyl halides is 8. The Balaban J connectivity index is 0.000000132. The van der Waals surface area contributed by atoms with Gasteiger partial charge >= 0.3 is 18.2 Å². The van der Waals surface area contributed by atoms with Crippen LogP contribution in [0.2, 0.25) is 0 Å². The van der Waals surface area contributed by atoms with Crippen LogP contribution in [-0.4, -0.2) is 117 Å². The second kappa shape index (κ2) is 39.3. The van der Waals surface area contributed by atoms with Crippen LogP contribution in [0.3, 0.4) is 0 Å². The predicted octanol–water partition coefficient (Wildman–Crippen LogP) is 24.8. The number of halogens is 13. The van der Waals surface area contributed by atoms with Crippen molar-refractivity contribution in [2.45, 2.75) is 354 Å². The van der Waals surface area contributed by atoms with E-state index in [0.29, 0.717) is 77.5 Å². The molecule has 3 atom stereocenters. The van der Waals surface area contributed by atoms with Crippen LogP contribution in [0.5, 0.6) is 5.75 Å². The van der Waals surface area contributed by atoms with Crippen LogP contribution in [0.4, 0.5) is 86.8 Å². The fourth-order valence-electron chi connectivity index (χ4n) is 21.1. The SMILES string of the molecule is CC(C)(C)CC(=O)Nc1nc2ccc(C(C)(C)O)c(OC(F)(F)F)c2n1C1CCC1.CC(CC1(C(=O)Nc2nc3c(F)cc(C#N)cc3n2C2(C)CCC2)CC1)C1(C)CC1.CC(F)CC1(C(=O)Nc2nc3c(F)cc(C(C)(C)O)cc3n2C2CCC2)CC1.CC1(n2c(NC(=O)CC3CC(F)(F)C3(F)F)nc3c(F)cc(C#N)c(F)c32)CCC1.Cc1cc(F)ccc1CC(=O)Nc1nc2ccc(C(C)(C)O)cc2n1C1(C)CCC1. The van der Waals surface area contributed by atoms with Gasteiger partial charge in [0.1, 0.15) is 39.5 Å². The van der Waals surface area contributed by atoms with Gasteiger partial charge in [-0.25, -0.2) is 51.3 Å². The number of nitrogens with zero attached hydrogens (tertiary/aromatic N) is 12. The molecule has 3 unspecified atom stereocenters. The number of rotatable bonds is 26. The van der Waals surface area contributed by atoms with Gasteiger partial charge in [-0.3, -0.25) is 50.6 Å². The first-order valence-corrected chi connectivity index (χ1v) is 50.8. The summed E-state index contributed by atoms with van der Waals surface area (Å²) in [6.07, 6.45) is 12.4. The largest absolute Gasteiger partial charge is 0.573 e. The molecule has 5 heterocycles. The van der Waals surface area contributed by atoms with Crippen molar-refractivity contribution in [3.63, 3.8) is 0 Å². The third-order valence-electron chi connectivity index (χ3n) is 31.8. The Morgan fingerprint density at radius 1 is 0.507 bits per heavy atom. The molecule has 0 spiro atoms. The summed E-state index contributed by atoms with van der Waals surface area (Å²) in [5.41, 5.74) is -0.230. The maximum absolute atomic E-state index is 14.9. The number of carbonyl (C=O) groups is 5. The molecule has 148 heavy (non-hydrogen) atoms. The molecule has 5 amide bonds. The van der Waals surface area contributed by atoms with Gasteiger partial charge in [-0.05, 0) is 324 Å². The van der Waals surface area contributed by atoms with Gasteiger partial charge in [-0.15, -0.1) is 13.2 Å². The summed E-state index contributed by atoms with van der Waals surface area (Å²) in [5.74, 6) is -14.1. The minimum Gasteiger partial charge on any atom is -0.403 e. The summed E-state index contributed by atoms with van der Waals surface area (Å²) in [5, 5.41) is 63.5. The smallest absolute Gasteiger partial charge is 0.403 e. The zero-order valence-electron chi connectivity index (χ0n) is 86.1. The zero-order valence-corrected chi connectivity index (χ0v) is 86.1. The molecule has 794 valence electrons. The number of aromatic nitrogens is 10. The van der Waals surface area contributed by atoms with Gasteiger partial charge in [0, 0.05) is 64.9 Å². The van der Waals surface area contributed by atoms with Crippen LogP contribution in [0.1, 0.15) is 322 Å². The van der Waals surface area contributed by atoms with E-state index in [4.69, 9.17) is 10.2 Å². The molecule has 0 radical (unpaired) electrons. The van der Waals surface area contributed by atoms with Crippen molar-refractivity contribution in [2.24, 2.45) is 33.5 Å². The second-order valence-electron chi connectivity index (χ2n) is 46.5. The predicted molar refractivity (Wildman–Crippen MR) is 533 cm³/mol. The maximum Gasteiger partial charge on any atom is 0.573 e. The van der Waals surface area contributed by atoms with Crippen molar-refractivity contribution in [2.75, 3.05) is 26.6 Å². The fourth-order valence-corrected chi connectivity index (χ4v) is 21.1. The highest BCUT2D eigenvalue weighted by Crippen LogP contribution is 2.62. The lowest BCUT2D eigenvalue weighted by atomic mass is 9.74. The number of benzene rings is 6. The van der Waals surface area contributed by atoms with Gasteiger partial charge < -0.3 is 42.9 Å². The minimum absolute atomic E-state index is 0.000339. The fraction of sp³-hybridized carbons (Fsp3) is 0.560. The standard InChI is InChI=1S/C24H29FN4O.C24H28FN3O2.C21H28F3N3O3.C21H27F2N3O2.C19H16F6N4O/c1-15(22(2)7-8-22)13-24(9-10-24)20(30)28-21-27-19-17(25)11-16(14-26)12-18(19)29(21)23(3)5-4-6-23;1-15-12-18(25)8-6-16(15)13-21(29)27-22-26-19-9-7-17(23(2,3)30)14-20(19)28(22)24(4)10-5-11-24;1-19(2,3)11-15(28)26-18-25-14-10-9-13(20(4,5)29)17(30-21(22,23)24)16(14)27(18)12-7-6-8-12;1-12(22)11-21(7-8-21)18(27)25-19-24-17-15(23)9-13(20(2,3)28)10-16(17)26(19)14-5-4-6-14;1-17(3-2-4-17)29-15-13(21)9(8-26)5-11(20)14(15)28-16(29)27-12(30)6-10-7-18(22,23)19(10,24)25/h11-12,15H,4-10,13H2,1-3H3,(H,27,28,30);6-9,12,14,30H,5,10-11,13H2,1-4H3,(H,26,27,29);9-10,12,29H,6-8,11H2,1-5H3,(H,25,26,28);9-10,12,14,28H,4-8,11H2,1-3H3,(H,24,25,27);5,10H,2-4,6-7H2,1H3,(H,27,28,30). The molecule has 5 aromatic heterocycles. The van der Waals surface area contributed by atoms with E-state index in [-0.39, 0.29) is 133 Å². The summed E-state index contributed by atoms with van der Waals surface area (Å²) in [7, 11) is 0. The Hall–Kier alpha value is -12.2. The van der Waals surface area contributed by atoms with Crippen molar-refractivity contribution < 1.29 is 101 Å². The van der Waals surface area contributed by atoms with Gasteiger partial charge in [0.25, 0.3) is 0 Å². The Kier molecular flexibility index (Phi) is 28.8. The topological polar surface area (TPSA) is 352 Å². The van der Waals surface area contributed by atoms with Crippen molar-refractivity contribution in [3.8, 4) is 17.9 Å². The Labute approximate surface area is 848 Å². The summed E-state index contributed by atoms with van der Waals surface area (Å²) in [4.78, 5) is 85.7. The number of nitriles is 2. The number of nitrogens with one attached hydrogen (secondary N) is 5. The first kappa shape index (κ1) is 108. The van der Waals surface area contributed by atoms with Crippen LogP contribution in [0, 0.1) is 92.2 Å². The van der Waals surface area contributed by atoms with E-state index >= 15 is 0 Å². The third-order valence-corrected chi connectivity index (χ3v) is 31.8. The molecular formula is C109H128F13N17O9. The van der Waals surface area contributed by atoms with Gasteiger partial charge in [-0.2, -0.15) is 28.1 Å². The lowest BCUT2D eigenvalue weighted by Crippen LogP contribution is -2.59. The minimum atomic E-state index is -4.95. The molecule has 39 heteroatoms. The van der Waals surface area contributed by atoms with E-state index in [1.807, 2.05) is 54.2 Å². The number of fused-ring (bicyclic) bond motifs is 5.